The summed E-state index contributed by atoms with van der Waals surface area (Å²) < 4.78 is 13.5. The monoisotopic (exact) mass is 279 g/mol. The molecule has 0 amide bonds. The van der Waals surface area contributed by atoms with Gasteiger partial charge in [0.1, 0.15) is 5.82 Å². The first kappa shape index (κ1) is 15.4. The first-order valence-electron chi connectivity index (χ1n) is 7.64. The highest BCUT2D eigenvalue weighted by atomic mass is 19.1. The zero-order valence-corrected chi connectivity index (χ0v) is 12.8. The van der Waals surface area contributed by atoms with Crippen molar-refractivity contribution in [3.63, 3.8) is 0 Å². The fraction of sp³-hybridized carbons (Fsp3) is 0.688. The summed E-state index contributed by atoms with van der Waals surface area (Å²) in [5.41, 5.74) is 0.900. The molecular formula is C16H26FN3. The second-order valence-corrected chi connectivity index (χ2v) is 6.17. The van der Waals surface area contributed by atoms with Gasteiger partial charge in [0.15, 0.2) is 0 Å². The highest BCUT2D eigenvalue weighted by Gasteiger charge is 2.37. The Hall–Kier alpha value is -1.00. The topological polar surface area (TPSA) is 28.2 Å². The van der Waals surface area contributed by atoms with E-state index < -0.39 is 0 Å². The van der Waals surface area contributed by atoms with Gasteiger partial charge in [0.25, 0.3) is 0 Å². The smallest absolute Gasteiger partial charge is 0.141 e. The van der Waals surface area contributed by atoms with Crippen LogP contribution in [-0.4, -0.2) is 35.1 Å². The zero-order valence-electron chi connectivity index (χ0n) is 12.8. The van der Waals surface area contributed by atoms with Gasteiger partial charge in [-0.05, 0) is 64.4 Å². The van der Waals surface area contributed by atoms with Gasteiger partial charge < -0.3 is 5.32 Å². The Labute approximate surface area is 121 Å². The number of rotatable bonds is 6. The van der Waals surface area contributed by atoms with Crippen molar-refractivity contribution in [1.82, 2.24) is 15.2 Å². The number of nitrogens with one attached hydrogen (secondary N) is 1. The van der Waals surface area contributed by atoms with Crippen molar-refractivity contribution in [1.29, 1.82) is 0 Å². The van der Waals surface area contributed by atoms with Crippen molar-refractivity contribution in [3.8, 4) is 0 Å². The average Bonchev–Trinajstić information content (AvgIpc) is 2.93. The van der Waals surface area contributed by atoms with E-state index in [1.54, 1.807) is 12.3 Å². The Balaban J connectivity index is 2.26. The molecule has 0 saturated carbocycles. The van der Waals surface area contributed by atoms with Gasteiger partial charge in [-0.1, -0.05) is 6.92 Å². The molecule has 1 aromatic heterocycles. The van der Waals surface area contributed by atoms with E-state index in [0.717, 1.165) is 31.6 Å². The summed E-state index contributed by atoms with van der Waals surface area (Å²) in [6.07, 6.45) is 6.63. The molecule has 2 rings (SSSR count). The largest absolute Gasteiger partial charge is 0.308 e. The number of nitrogens with zero attached hydrogens (tertiary/aromatic N) is 2. The normalized spacial score (nSPS) is 18.4. The van der Waals surface area contributed by atoms with E-state index in [4.69, 9.17) is 0 Å². The van der Waals surface area contributed by atoms with Gasteiger partial charge in [0.2, 0.25) is 0 Å². The van der Waals surface area contributed by atoms with E-state index in [0.29, 0.717) is 0 Å². The SMILES string of the molecule is CCCNC(c1cncc(F)c1)C(C)(C)N1CCCC1. The minimum Gasteiger partial charge on any atom is -0.308 e. The highest BCUT2D eigenvalue weighted by molar-refractivity contribution is 5.20. The fourth-order valence-corrected chi connectivity index (χ4v) is 3.13. The summed E-state index contributed by atoms with van der Waals surface area (Å²) in [6, 6.07) is 1.71. The molecule has 1 atom stereocenters. The predicted octanol–water partition coefficient (Wildman–Crippen LogP) is 3.14. The second-order valence-electron chi connectivity index (χ2n) is 6.17. The molecule has 2 heterocycles. The number of hydrogen-bond acceptors (Lipinski definition) is 3. The van der Waals surface area contributed by atoms with Crippen LogP contribution in [0.4, 0.5) is 4.39 Å². The third kappa shape index (κ3) is 3.36. The number of pyridine rings is 1. The summed E-state index contributed by atoms with van der Waals surface area (Å²) in [4.78, 5) is 6.52. The molecule has 1 unspecified atom stereocenters. The van der Waals surface area contributed by atoms with Gasteiger partial charge in [-0.2, -0.15) is 0 Å². The lowest BCUT2D eigenvalue weighted by Gasteiger charge is -2.42. The molecule has 112 valence electrons. The first-order valence-corrected chi connectivity index (χ1v) is 7.64. The number of halogens is 1. The van der Waals surface area contributed by atoms with Gasteiger partial charge in [-0.15, -0.1) is 0 Å². The Morgan fingerprint density at radius 1 is 1.35 bits per heavy atom. The van der Waals surface area contributed by atoms with Crippen molar-refractivity contribution in [2.75, 3.05) is 19.6 Å². The third-order valence-corrected chi connectivity index (χ3v) is 4.29. The van der Waals surface area contributed by atoms with Crippen molar-refractivity contribution in [2.24, 2.45) is 0 Å². The van der Waals surface area contributed by atoms with E-state index in [2.05, 4.69) is 36.0 Å². The van der Waals surface area contributed by atoms with Gasteiger partial charge >= 0.3 is 0 Å². The summed E-state index contributed by atoms with van der Waals surface area (Å²) in [6.45, 7) is 9.82. The molecule has 0 aliphatic carbocycles. The van der Waals surface area contributed by atoms with Gasteiger partial charge in [-0.25, -0.2) is 4.39 Å². The summed E-state index contributed by atoms with van der Waals surface area (Å²) in [5.74, 6) is -0.261. The maximum atomic E-state index is 13.5. The van der Waals surface area contributed by atoms with Gasteiger partial charge in [0.05, 0.1) is 12.2 Å². The average molecular weight is 279 g/mol. The Bertz CT molecular complexity index is 427. The number of hydrogen-bond donors (Lipinski definition) is 1. The lowest BCUT2D eigenvalue weighted by Crippen LogP contribution is -2.51. The van der Waals surface area contributed by atoms with E-state index in [1.165, 1.54) is 19.0 Å². The van der Waals surface area contributed by atoms with Crippen LogP contribution in [0.5, 0.6) is 0 Å². The first-order chi connectivity index (χ1) is 9.55. The Kier molecular flexibility index (Phi) is 5.11. The molecule has 1 fully saturated rings. The summed E-state index contributed by atoms with van der Waals surface area (Å²) in [5, 5.41) is 3.58. The van der Waals surface area contributed by atoms with Gasteiger partial charge in [0, 0.05) is 11.7 Å². The van der Waals surface area contributed by atoms with Crippen LogP contribution < -0.4 is 5.32 Å². The van der Waals surface area contributed by atoms with Crippen LogP contribution >= 0.6 is 0 Å². The Morgan fingerprint density at radius 2 is 2.05 bits per heavy atom. The maximum absolute atomic E-state index is 13.5. The fourth-order valence-electron chi connectivity index (χ4n) is 3.13. The second kappa shape index (κ2) is 6.64. The van der Waals surface area contributed by atoms with E-state index in [1.807, 2.05) is 0 Å². The number of likely N-dealkylation sites (tertiary alicyclic amines) is 1. The van der Waals surface area contributed by atoms with Crippen LogP contribution in [0.2, 0.25) is 0 Å². The molecule has 1 N–H and O–H groups in total. The standard InChI is InChI=1S/C16H26FN3/c1-4-7-19-15(13-10-14(17)12-18-11-13)16(2,3)20-8-5-6-9-20/h10-12,15,19H,4-9H2,1-3H3. The van der Waals surface area contributed by atoms with Crippen molar-refractivity contribution >= 4 is 0 Å². The molecule has 1 aliphatic rings. The molecular weight excluding hydrogens is 253 g/mol. The summed E-state index contributed by atoms with van der Waals surface area (Å²) >= 11 is 0. The molecule has 0 spiro atoms. The van der Waals surface area contributed by atoms with Crippen LogP contribution in [0.1, 0.15) is 51.6 Å². The lowest BCUT2D eigenvalue weighted by molar-refractivity contribution is 0.106. The molecule has 20 heavy (non-hydrogen) atoms. The molecule has 0 radical (unpaired) electrons. The molecule has 1 saturated heterocycles. The zero-order chi connectivity index (χ0) is 14.6. The van der Waals surface area contributed by atoms with Crippen LogP contribution in [0.3, 0.4) is 0 Å². The van der Waals surface area contributed by atoms with E-state index in [-0.39, 0.29) is 17.4 Å². The Morgan fingerprint density at radius 3 is 2.65 bits per heavy atom. The molecule has 4 heteroatoms. The molecule has 3 nitrogen and oxygen atoms in total. The quantitative estimate of drug-likeness (QED) is 0.867. The van der Waals surface area contributed by atoms with Gasteiger partial charge in [-0.3, -0.25) is 9.88 Å². The van der Waals surface area contributed by atoms with Crippen molar-refractivity contribution in [2.45, 2.75) is 51.6 Å². The van der Waals surface area contributed by atoms with Crippen LogP contribution in [-0.2, 0) is 0 Å². The number of aromatic nitrogens is 1. The van der Waals surface area contributed by atoms with Crippen molar-refractivity contribution in [3.05, 3.63) is 29.8 Å². The minimum absolute atomic E-state index is 0.0405. The highest BCUT2D eigenvalue weighted by Crippen LogP contribution is 2.33. The lowest BCUT2D eigenvalue weighted by atomic mass is 9.87. The van der Waals surface area contributed by atoms with E-state index in [9.17, 15) is 4.39 Å². The van der Waals surface area contributed by atoms with Crippen LogP contribution in [0, 0.1) is 5.82 Å². The van der Waals surface area contributed by atoms with E-state index >= 15 is 0 Å². The minimum atomic E-state index is -0.261. The van der Waals surface area contributed by atoms with Crippen LogP contribution in [0.15, 0.2) is 18.5 Å². The maximum Gasteiger partial charge on any atom is 0.141 e. The summed E-state index contributed by atoms with van der Waals surface area (Å²) in [7, 11) is 0. The van der Waals surface area contributed by atoms with Crippen LogP contribution in [0.25, 0.3) is 0 Å². The molecule has 0 bridgehead atoms. The molecule has 1 aliphatic heterocycles. The predicted molar refractivity (Wildman–Crippen MR) is 80.1 cm³/mol. The molecule has 1 aromatic rings. The van der Waals surface area contributed by atoms with Crippen molar-refractivity contribution < 1.29 is 4.39 Å². The third-order valence-electron chi connectivity index (χ3n) is 4.29. The molecule has 0 aromatic carbocycles.